The van der Waals surface area contributed by atoms with Crippen molar-refractivity contribution in [3.63, 3.8) is 0 Å². The van der Waals surface area contributed by atoms with E-state index in [1.54, 1.807) is 7.11 Å². The zero-order valence-electron chi connectivity index (χ0n) is 13.8. The van der Waals surface area contributed by atoms with E-state index in [-0.39, 0.29) is 11.5 Å². The Morgan fingerprint density at radius 2 is 1.71 bits per heavy atom. The second-order valence-corrected chi connectivity index (χ2v) is 6.74. The number of anilines is 1. The summed E-state index contributed by atoms with van der Waals surface area (Å²) < 4.78 is 5.21. The number of ether oxygens (including phenoxy) is 1. The zero-order chi connectivity index (χ0) is 15.5. The van der Waals surface area contributed by atoms with Crippen molar-refractivity contribution >= 4 is 5.69 Å². The Morgan fingerprint density at radius 3 is 2.19 bits per heavy atom. The first-order valence-corrected chi connectivity index (χ1v) is 7.79. The molecule has 21 heavy (non-hydrogen) atoms. The number of hydrogen-bond acceptors (Lipinski definition) is 4. The fraction of sp³-hybridized carbons (Fsp3) is 0.647. The molecule has 1 aliphatic heterocycles. The number of nitrogens with zero attached hydrogens (tertiary/aromatic N) is 2. The Kier molecular flexibility index (Phi) is 5.12. The van der Waals surface area contributed by atoms with Crippen molar-refractivity contribution in [3.05, 3.63) is 24.3 Å². The van der Waals surface area contributed by atoms with Crippen molar-refractivity contribution < 1.29 is 4.74 Å². The van der Waals surface area contributed by atoms with Gasteiger partial charge in [0, 0.05) is 44.5 Å². The van der Waals surface area contributed by atoms with Crippen LogP contribution >= 0.6 is 0 Å². The zero-order valence-corrected chi connectivity index (χ0v) is 13.8. The highest BCUT2D eigenvalue weighted by atomic mass is 16.5. The van der Waals surface area contributed by atoms with Crippen molar-refractivity contribution in [2.75, 3.05) is 44.7 Å². The van der Waals surface area contributed by atoms with Crippen LogP contribution in [0.15, 0.2) is 24.3 Å². The van der Waals surface area contributed by atoms with Crippen LogP contribution in [-0.4, -0.2) is 50.8 Å². The first-order chi connectivity index (χ1) is 9.92. The van der Waals surface area contributed by atoms with Gasteiger partial charge in [0.2, 0.25) is 0 Å². The van der Waals surface area contributed by atoms with Crippen LogP contribution in [0.3, 0.4) is 0 Å². The molecule has 0 spiro atoms. The van der Waals surface area contributed by atoms with Gasteiger partial charge in [0.25, 0.3) is 0 Å². The highest BCUT2D eigenvalue weighted by Crippen LogP contribution is 2.24. The van der Waals surface area contributed by atoms with Crippen molar-refractivity contribution in [2.24, 2.45) is 11.1 Å². The molecule has 2 rings (SSSR count). The van der Waals surface area contributed by atoms with Crippen LogP contribution < -0.4 is 15.4 Å². The largest absolute Gasteiger partial charge is 0.497 e. The Hall–Kier alpha value is -1.26. The van der Waals surface area contributed by atoms with E-state index >= 15 is 0 Å². The van der Waals surface area contributed by atoms with E-state index in [0.717, 1.165) is 38.5 Å². The second-order valence-electron chi connectivity index (χ2n) is 6.74. The third-order valence-electron chi connectivity index (χ3n) is 4.67. The van der Waals surface area contributed by atoms with Gasteiger partial charge in [-0.3, -0.25) is 4.90 Å². The number of benzene rings is 1. The lowest BCUT2D eigenvalue weighted by Crippen LogP contribution is -2.51. The highest BCUT2D eigenvalue weighted by Gasteiger charge is 2.27. The minimum absolute atomic E-state index is 0.169. The average Bonchev–Trinajstić information content (AvgIpc) is 2.48. The normalized spacial score (nSPS) is 18.6. The van der Waals surface area contributed by atoms with E-state index in [2.05, 4.69) is 42.7 Å². The molecule has 1 heterocycles. The maximum atomic E-state index is 6.08. The molecule has 1 saturated heterocycles. The van der Waals surface area contributed by atoms with Gasteiger partial charge in [-0.15, -0.1) is 0 Å². The first kappa shape index (κ1) is 16.1. The van der Waals surface area contributed by atoms with Gasteiger partial charge in [-0.05, 0) is 36.6 Å². The molecule has 1 aromatic rings. The Balaban J connectivity index is 1.88. The van der Waals surface area contributed by atoms with E-state index in [4.69, 9.17) is 10.5 Å². The van der Waals surface area contributed by atoms with Crippen LogP contribution in [0.2, 0.25) is 0 Å². The summed E-state index contributed by atoms with van der Waals surface area (Å²) in [5.74, 6) is 0.913. The molecule has 1 aromatic carbocycles. The molecule has 0 aromatic heterocycles. The molecule has 0 amide bonds. The number of nitrogens with two attached hydrogens (primary N) is 1. The summed E-state index contributed by atoms with van der Waals surface area (Å²) in [7, 11) is 1.70. The predicted molar refractivity (Wildman–Crippen MR) is 89.1 cm³/mol. The minimum atomic E-state index is 0.169. The van der Waals surface area contributed by atoms with Gasteiger partial charge in [0.15, 0.2) is 0 Å². The number of piperazine rings is 1. The molecule has 0 saturated carbocycles. The van der Waals surface area contributed by atoms with Gasteiger partial charge < -0.3 is 15.4 Å². The molecule has 2 N–H and O–H groups in total. The van der Waals surface area contributed by atoms with Crippen LogP contribution in [0.4, 0.5) is 5.69 Å². The third-order valence-corrected chi connectivity index (χ3v) is 4.67. The topological polar surface area (TPSA) is 41.7 Å². The van der Waals surface area contributed by atoms with Gasteiger partial charge in [-0.2, -0.15) is 0 Å². The Morgan fingerprint density at radius 1 is 1.14 bits per heavy atom. The molecule has 1 unspecified atom stereocenters. The second kappa shape index (κ2) is 6.67. The lowest BCUT2D eigenvalue weighted by atomic mass is 9.85. The smallest absolute Gasteiger partial charge is 0.119 e. The van der Waals surface area contributed by atoms with Gasteiger partial charge in [0.05, 0.1) is 7.11 Å². The number of rotatable bonds is 5. The Bertz CT molecular complexity index is 434. The molecule has 1 fully saturated rings. The molecule has 4 nitrogen and oxygen atoms in total. The average molecular weight is 291 g/mol. The van der Waals surface area contributed by atoms with Crippen LogP contribution in [0.25, 0.3) is 0 Å². The van der Waals surface area contributed by atoms with E-state index in [1.807, 2.05) is 12.1 Å². The summed E-state index contributed by atoms with van der Waals surface area (Å²) in [4.78, 5) is 4.97. The standard InChI is InChI=1S/C17H29N3O/c1-14(18)17(2,3)13-19-9-11-20(12-10-19)15-5-7-16(21-4)8-6-15/h5-8,14H,9-13,18H2,1-4H3. The molecular weight excluding hydrogens is 262 g/mol. The van der Waals surface area contributed by atoms with Crippen LogP contribution in [0.1, 0.15) is 20.8 Å². The Labute approximate surface area is 128 Å². The van der Waals surface area contributed by atoms with Crippen LogP contribution in [0, 0.1) is 5.41 Å². The maximum Gasteiger partial charge on any atom is 0.119 e. The van der Waals surface area contributed by atoms with E-state index in [1.165, 1.54) is 5.69 Å². The molecule has 0 aliphatic carbocycles. The fourth-order valence-corrected chi connectivity index (χ4v) is 2.68. The molecule has 118 valence electrons. The lowest BCUT2D eigenvalue weighted by molar-refractivity contribution is 0.151. The molecule has 1 aliphatic rings. The van der Waals surface area contributed by atoms with Crippen molar-refractivity contribution in [3.8, 4) is 5.75 Å². The van der Waals surface area contributed by atoms with Crippen LogP contribution in [0.5, 0.6) is 5.75 Å². The first-order valence-electron chi connectivity index (χ1n) is 7.79. The van der Waals surface area contributed by atoms with E-state index in [0.29, 0.717) is 0 Å². The third kappa shape index (κ3) is 4.11. The van der Waals surface area contributed by atoms with Crippen molar-refractivity contribution in [1.29, 1.82) is 0 Å². The fourth-order valence-electron chi connectivity index (χ4n) is 2.68. The van der Waals surface area contributed by atoms with Crippen molar-refractivity contribution in [1.82, 2.24) is 4.90 Å². The van der Waals surface area contributed by atoms with Crippen molar-refractivity contribution in [2.45, 2.75) is 26.8 Å². The number of methoxy groups -OCH3 is 1. The minimum Gasteiger partial charge on any atom is -0.497 e. The summed E-state index contributed by atoms with van der Waals surface area (Å²) in [6, 6.07) is 8.56. The number of hydrogen-bond donors (Lipinski definition) is 1. The summed E-state index contributed by atoms with van der Waals surface area (Å²) in [5.41, 5.74) is 7.53. The van der Waals surface area contributed by atoms with Gasteiger partial charge >= 0.3 is 0 Å². The predicted octanol–water partition coefficient (Wildman–Crippen LogP) is 2.19. The van der Waals surface area contributed by atoms with Crippen LogP contribution in [-0.2, 0) is 0 Å². The summed E-state index contributed by atoms with van der Waals surface area (Å²) >= 11 is 0. The molecule has 0 bridgehead atoms. The molecule has 4 heteroatoms. The van der Waals surface area contributed by atoms with E-state index in [9.17, 15) is 0 Å². The van der Waals surface area contributed by atoms with Gasteiger partial charge in [-0.25, -0.2) is 0 Å². The SMILES string of the molecule is COc1ccc(N2CCN(CC(C)(C)C(C)N)CC2)cc1. The quantitative estimate of drug-likeness (QED) is 0.903. The highest BCUT2D eigenvalue weighted by molar-refractivity contribution is 5.49. The summed E-state index contributed by atoms with van der Waals surface area (Å²) in [5, 5.41) is 0. The van der Waals surface area contributed by atoms with E-state index < -0.39 is 0 Å². The monoisotopic (exact) mass is 291 g/mol. The van der Waals surface area contributed by atoms with Gasteiger partial charge in [0.1, 0.15) is 5.75 Å². The maximum absolute atomic E-state index is 6.08. The summed E-state index contributed by atoms with van der Waals surface area (Å²) in [6.07, 6.45) is 0. The molecule has 0 radical (unpaired) electrons. The molecular formula is C17H29N3O. The lowest BCUT2D eigenvalue weighted by Gasteiger charge is -2.41. The molecule has 1 atom stereocenters. The summed E-state index contributed by atoms with van der Waals surface area (Å²) in [6.45, 7) is 12.0. The van der Waals surface area contributed by atoms with Gasteiger partial charge in [-0.1, -0.05) is 13.8 Å².